The number of amides is 1. The third-order valence-electron chi connectivity index (χ3n) is 7.49. The molecule has 0 bridgehead atoms. The molecule has 4 heteroatoms. The highest BCUT2D eigenvalue weighted by atomic mass is 16.7. The van der Waals surface area contributed by atoms with E-state index in [0.717, 1.165) is 36.9 Å². The van der Waals surface area contributed by atoms with Gasteiger partial charge in [0, 0.05) is 19.0 Å². The van der Waals surface area contributed by atoms with Crippen molar-refractivity contribution in [1.82, 2.24) is 4.90 Å². The molecular weight excluding hydrogens is 338 g/mol. The number of hydrogen-bond donors (Lipinski definition) is 0. The summed E-state index contributed by atoms with van der Waals surface area (Å²) in [6, 6.07) is 6.36. The minimum Gasteiger partial charge on any atom is -0.454 e. The van der Waals surface area contributed by atoms with E-state index in [1.807, 2.05) is 6.07 Å². The molecule has 27 heavy (non-hydrogen) atoms. The molecule has 4 nitrogen and oxygen atoms in total. The zero-order valence-corrected chi connectivity index (χ0v) is 16.2. The van der Waals surface area contributed by atoms with Crippen LogP contribution in [0.5, 0.6) is 11.5 Å². The Morgan fingerprint density at radius 1 is 0.889 bits per heavy atom. The number of fused-ring (bicyclic) bond motifs is 2. The number of ether oxygens (including phenoxy) is 2. The summed E-state index contributed by atoms with van der Waals surface area (Å²) in [5, 5.41) is 0. The highest BCUT2D eigenvalue weighted by Crippen LogP contribution is 2.51. The lowest BCUT2D eigenvalue weighted by atomic mass is 9.59. The molecule has 1 amide bonds. The van der Waals surface area contributed by atoms with Crippen LogP contribution >= 0.6 is 0 Å². The van der Waals surface area contributed by atoms with Crippen LogP contribution in [0, 0.1) is 17.8 Å². The Labute approximate surface area is 162 Å². The lowest BCUT2D eigenvalue weighted by Gasteiger charge is -2.47. The predicted octanol–water partition coefficient (Wildman–Crippen LogP) is 4.73. The fraction of sp³-hybridized carbons (Fsp3) is 0.696. The first-order chi connectivity index (χ1) is 13.3. The monoisotopic (exact) mass is 369 g/mol. The van der Waals surface area contributed by atoms with Crippen LogP contribution in [0.15, 0.2) is 18.2 Å². The first kappa shape index (κ1) is 17.4. The van der Waals surface area contributed by atoms with Crippen LogP contribution in [0.3, 0.4) is 0 Å². The van der Waals surface area contributed by atoms with Crippen molar-refractivity contribution in [2.24, 2.45) is 17.8 Å². The molecule has 2 heterocycles. The van der Waals surface area contributed by atoms with Crippen LogP contribution in [0.1, 0.15) is 69.3 Å². The smallest absolute Gasteiger partial charge is 0.231 e. The van der Waals surface area contributed by atoms with E-state index in [0.29, 0.717) is 24.5 Å². The van der Waals surface area contributed by atoms with Crippen molar-refractivity contribution in [1.29, 1.82) is 0 Å². The summed E-state index contributed by atoms with van der Waals surface area (Å²) in [5.41, 5.74) is 1.28. The minimum atomic E-state index is 0.155. The van der Waals surface area contributed by atoms with E-state index in [2.05, 4.69) is 17.0 Å². The Kier molecular flexibility index (Phi) is 4.75. The van der Waals surface area contributed by atoms with Gasteiger partial charge < -0.3 is 14.4 Å². The normalized spacial score (nSPS) is 32.8. The molecule has 3 fully saturated rings. The Bertz CT molecular complexity index is 697. The molecule has 0 unspecified atom stereocenters. The van der Waals surface area contributed by atoms with Crippen molar-refractivity contribution >= 4 is 5.91 Å². The molecule has 2 aliphatic carbocycles. The molecule has 2 saturated carbocycles. The van der Waals surface area contributed by atoms with E-state index >= 15 is 0 Å². The van der Waals surface area contributed by atoms with Gasteiger partial charge in [0.05, 0.1) is 0 Å². The molecule has 0 N–H and O–H groups in total. The van der Waals surface area contributed by atoms with Gasteiger partial charge in [-0.2, -0.15) is 0 Å². The van der Waals surface area contributed by atoms with Crippen LogP contribution in [-0.2, 0) is 4.79 Å². The second-order valence-corrected chi connectivity index (χ2v) is 8.92. The van der Waals surface area contributed by atoms with E-state index in [9.17, 15) is 4.79 Å². The zero-order valence-electron chi connectivity index (χ0n) is 16.2. The van der Waals surface area contributed by atoms with Gasteiger partial charge in [-0.15, -0.1) is 0 Å². The average molecular weight is 370 g/mol. The third kappa shape index (κ3) is 3.21. The summed E-state index contributed by atoms with van der Waals surface area (Å²) in [6.07, 6.45) is 11.2. The lowest BCUT2D eigenvalue weighted by Crippen LogP contribution is -2.48. The maximum absolute atomic E-state index is 13.7. The number of piperidine rings is 1. The molecular formula is C23H31NO3. The maximum atomic E-state index is 13.7. The summed E-state index contributed by atoms with van der Waals surface area (Å²) in [4.78, 5) is 15.9. The van der Waals surface area contributed by atoms with Gasteiger partial charge in [-0.3, -0.25) is 4.79 Å². The molecule has 1 aromatic carbocycles. The highest BCUT2D eigenvalue weighted by molar-refractivity contribution is 5.80. The van der Waals surface area contributed by atoms with Crippen molar-refractivity contribution < 1.29 is 14.3 Å². The van der Waals surface area contributed by atoms with E-state index in [4.69, 9.17) is 9.47 Å². The number of benzene rings is 1. The van der Waals surface area contributed by atoms with Crippen LogP contribution in [-0.4, -0.2) is 30.7 Å². The average Bonchev–Trinajstić information content (AvgIpc) is 3.21. The second-order valence-electron chi connectivity index (χ2n) is 8.92. The standard InChI is InChI=1S/C23H31NO3/c25-23(24-12-4-1-5-13-24)22-18-7-3-2-6-16(18)8-10-19(22)17-9-11-20-21(14-17)27-15-26-20/h9,11,14,16,18-19,22H,1-8,10,12-13,15H2/t16-,18-,19-,22+/m1/s1. The van der Waals surface area contributed by atoms with Gasteiger partial charge in [-0.25, -0.2) is 0 Å². The minimum absolute atomic E-state index is 0.155. The molecule has 5 rings (SSSR count). The van der Waals surface area contributed by atoms with E-state index in [-0.39, 0.29) is 5.92 Å². The van der Waals surface area contributed by atoms with E-state index < -0.39 is 0 Å². The Morgan fingerprint density at radius 3 is 2.59 bits per heavy atom. The number of carbonyl (C=O) groups is 1. The van der Waals surface area contributed by atoms with Gasteiger partial charge in [0.15, 0.2) is 11.5 Å². The Balaban J connectivity index is 1.47. The van der Waals surface area contributed by atoms with Crippen molar-refractivity contribution in [3.63, 3.8) is 0 Å². The molecule has 0 radical (unpaired) electrons. The zero-order chi connectivity index (χ0) is 18.2. The van der Waals surface area contributed by atoms with Crippen LogP contribution < -0.4 is 9.47 Å². The SMILES string of the molecule is O=C([C@H]1[C@@H]2CCCC[C@@H]2CC[C@@H]1c1ccc2c(c1)OCO2)N1CCCCC1. The fourth-order valence-electron chi connectivity index (χ4n) is 6.14. The molecule has 1 aromatic rings. The van der Waals surface area contributed by atoms with Crippen LogP contribution in [0.4, 0.5) is 0 Å². The first-order valence-corrected chi connectivity index (χ1v) is 11.0. The van der Waals surface area contributed by atoms with E-state index in [1.165, 1.54) is 56.9 Å². The molecule has 0 aromatic heterocycles. The van der Waals surface area contributed by atoms with Gasteiger partial charge in [0.1, 0.15) is 0 Å². The summed E-state index contributed by atoms with van der Waals surface area (Å²) in [5.74, 6) is 3.93. The van der Waals surface area contributed by atoms with Gasteiger partial charge in [0.2, 0.25) is 12.7 Å². The van der Waals surface area contributed by atoms with Crippen LogP contribution in [0.25, 0.3) is 0 Å². The largest absolute Gasteiger partial charge is 0.454 e. The molecule has 4 atom stereocenters. The van der Waals surface area contributed by atoms with Crippen LogP contribution in [0.2, 0.25) is 0 Å². The lowest BCUT2D eigenvalue weighted by molar-refractivity contribution is -0.142. The topological polar surface area (TPSA) is 38.8 Å². The van der Waals surface area contributed by atoms with Gasteiger partial charge in [0.25, 0.3) is 0 Å². The fourth-order valence-corrected chi connectivity index (χ4v) is 6.14. The molecule has 4 aliphatic rings. The third-order valence-corrected chi connectivity index (χ3v) is 7.49. The summed E-state index contributed by atoms with van der Waals surface area (Å²) in [6.45, 7) is 2.23. The molecule has 2 aliphatic heterocycles. The summed E-state index contributed by atoms with van der Waals surface area (Å²) >= 11 is 0. The van der Waals surface area contributed by atoms with Gasteiger partial charge in [-0.05, 0) is 74.0 Å². The van der Waals surface area contributed by atoms with Gasteiger partial charge in [-0.1, -0.05) is 25.3 Å². The number of nitrogens with zero attached hydrogens (tertiary/aromatic N) is 1. The predicted molar refractivity (Wildman–Crippen MR) is 104 cm³/mol. The maximum Gasteiger partial charge on any atom is 0.231 e. The Hall–Kier alpha value is -1.71. The van der Waals surface area contributed by atoms with Crippen molar-refractivity contribution in [3.05, 3.63) is 23.8 Å². The molecule has 1 saturated heterocycles. The second kappa shape index (κ2) is 7.37. The number of hydrogen-bond acceptors (Lipinski definition) is 3. The Morgan fingerprint density at radius 2 is 1.70 bits per heavy atom. The molecule has 0 spiro atoms. The highest BCUT2D eigenvalue weighted by Gasteiger charge is 2.46. The van der Waals surface area contributed by atoms with E-state index in [1.54, 1.807) is 0 Å². The number of carbonyl (C=O) groups excluding carboxylic acids is 1. The summed E-state index contributed by atoms with van der Waals surface area (Å²) < 4.78 is 11.1. The van der Waals surface area contributed by atoms with Crippen molar-refractivity contribution in [3.8, 4) is 11.5 Å². The van der Waals surface area contributed by atoms with Crippen molar-refractivity contribution in [2.45, 2.75) is 63.7 Å². The van der Waals surface area contributed by atoms with Crippen molar-refractivity contribution in [2.75, 3.05) is 19.9 Å². The summed E-state index contributed by atoms with van der Waals surface area (Å²) in [7, 11) is 0. The quantitative estimate of drug-likeness (QED) is 0.757. The first-order valence-electron chi connectivity index (χ1n) is 11.0. The van der Waals surface area contributed by atoms with Gasteiger partial charge >= 0.3 is 0 Å². The molecule has 146 valence electrons. The number of likely N-dealkylation sites (tertiary alicyclic amines) is 1. The number of rotatable bonds is 2.